The Bertz CT molecular complexity index is 444. The number of nitrogens with zero attached hydrogens (tertiary/aromatic N) is 2. The summed E-state index contributed by atoms with van der Waals surface area (Å²) in [6.07, 6.45) is 5.56. The fraction of sp³-hybridized carbons (Fsp3) is 0.667. The first kappa shape index (κ1) is 13.6. The summed E-state index contributed by atoms with van der Waals surface area (Å²) in [6, 6.07) is 3.90. The zero-order valence-corrected chi connectivity index (χ0v) is 11.9. The van der Waals surface area contributed by atoms with E-state index in [2.05, 4.69) is 4.90 Å². The van der Waals surface area contributed by atoms with Gasteiger partial charge in [-0.05, 0) is 25.0 Å². The maximum atomic E-state index is 12.5. The van der Waals surface area contributed by atoms with Gasteiger partial charge in [0.2, 0.25) is 5.91 Å². The van der Waals surface area contributed by atoms with E-state index in [0.29, 0.717) is 0 Å². The number of carbonyl (C=O) groups excluding carboxylic acids is 1. The fourth-order valence-corrected chi connectivity index (χ4v) is 3.27. The maximum Gasteiger partial charge on any atom is 0.242 e. The highest BCUT2D eigenvalue weighted by Gasteiger charge is 2.40. The van der Waals surface area contributed by atoms with Crippen LogP contribution in [0.3, 0.4) is 0 Å². The second-order valence-corrected chi connectivity index (χ2v) is 6.01. The van der Waals surface area contributed by atoms with Gasteiger partial charge in [-0.25, -0.2) is 0 Å². The van der Waals surface area contributed by atoms with Crippen molar-refractivity contribution >= 4 is 5.91 Å². The standard InChI is InChI=1S/C15H23N3O2/c16-15(5-1-2-6-15)14(19)18-9-7-17(8-10-18)12-13-4-3-11-20-13/h3-4,11H,1-2,5-10,12,16H2. The molecule has 1 aliphatic heterocycles. The minimum absolute atomic E-state index is 0.160. The van der Waals surface area contributed by atoms with E-state index in [-0.39, 0.29) is 5.91 Å². The van der Waals surface area contributed by atoms with Crippen LogP contribution in [0.25, 0.3) is 0 Å². The van der Waals surface area contributed by atoms with Crippen LogP contribution in [0.4, 0.5) is 0 Å². The van der Waals surface area contributed by atoms with Crippen LogP contribution in [0.5, 0.6) is 0 Å². The molecule has 1 aromatic rings. The van der Waals surface area contributed by atoms with Crippen LogP contribution in [-0.4, -0.2) is 47.4 Å². The highest BCUT2D eigenvalue weighted by molar-refractivity contribution is 5.86. The van der Waals surface area contributed by atoms with Crippen LogP contribution < -0.4 is 5.73 Å². The Kier molecular flexibility index (Phi) is 3.81. The lowest BCUT2D eigenvalue weighted by Crippen LogP contribution is -2.58. The van der Waals surface area contributed by atoms with Crippen molar-refractivity contribution in [2.45, 2.75) is 37.8 Å². The molecule has 0 unspecified atom stereocenters. The number of hydrogen-bond acceptors (Lipinski definition) is 4. The summed E-state index contributed by atoms with van der Waals surface area (Å²) in [5, 5.41) is 0. The van der Waals surface area contributed by atoms with Crippen LogP contribution >= 0.6 is 0 Å². The van der Waals surface area contributed by atoms with Gasteiger partial charge < -0.3 is 15.1 Å². The van der Waals surface area contributed by atoms with Crippen LogP contribution in [0.1, 0.15) is 31.4 Å². The molecule has 1 saturated heterocycles. The van der Waals surface area contributed by atoms with E-state index in [1.807, 2.05) is 17.0 Å². The first-order chi connectivity index (χ1) is 9.67. The molecule has 0 bridgehead atoms. The zero-order valence-electron chi connectivity index (χ0n) is 11.9. The summed E-state index contributed by atoms with van der Waals surface area (Å²) >= 11 is 0. The van der Waals surface area contributed by atoms with Crippen molar-refractivity contribution in [1.29, 1.82) is 0 Å². The monoisotopic (exact) mass is 277 g/mol. The summed E-state index contributed by atoms with van der Waals surface area (Å²) in [6.45, 7) is 4.16. The van der Waals surface area contributed by atoms with Crippen molar-refractivity contribution in [3.63, 3.8) is 0 Å². The Morgan fingerprint density at radius 1 is 1.25 bits per heavy atom. The molecular formula is C15H23N3O2. The van der Waals surface area contributed by atoms with Gasteiger partial charge in [0.05, 0.1) is 18.3 Å². The normalized spacial score (nSPS) is 23.1. The van der Waals surface area contributed by atoms with Crippen molar-refractivity contribution < 1.29 is 9.21 Å². The van der Waals surface area contributed by atoms with Gasteiger partial charge in [0.1, 0.15) is 5.76 Å². The molecule has 3 rings (SSSR count). The van der Waals surface area contributed by atoms with Gasteiger partial charge in [-0.2, -0.15) is 0 Å². The predicted molar refractivity (Wildman–Crippen MR) is 76.0 cm³/mol. The van der Waals surface area contributed by atoms with Crippen LogP contribution in [-0.2, 0) is 11.3 Å². The molecular weight excluding hydrogens is 254 g/mol. The molecule has 5 heteroatoms. The van der Waals surface area contributed by atoms with Crippen LogP contribution in [0.15, 0.2) is 22.8 Å². The Balaban J connectivity index is 1.52. The number of furan rings is 1. The Morgan fingerprint density at radius 2 is 1.95 bits per heavy atom. The molecule has 1 aliphatic carbocycles. The van der Waals surface area contributed by atoms with E-state index in [1.165, 1.54) is 0 Å². The van der Waals surface area contributed by atoms with E-state index in [4.69, 9.17) is 10.2 Å². The Labute approximate surface area is 119 Å². The van der Waals surface area contributed by atoms with Gasteiger partial charge in [0.15, 0.2) is 0 Å². The van der Waals surface area contributed by atoms with E-state index in [0.717, 1.165) is 64.2 Å². The lowest BCUT2D eigenvalue weighted by atomic mass is 9.97. The molecule has 110 valence electrons. The van der Waals surface area contributed by atoms with Gasteiger partial charge in [-0.3, -0.25) is 9.69 Å². The van der Waals surface area contributed by atoms with E-state index in [1.54, 1.807) is 6.26 Å². The van der Waals surface area contributed by atoms with E-state index >= 15 is 0 Å². The average molecular weight is 277 g/mol. The van der Waals surface area contributed by atoms with Gasteiger partial charge in [0, 0.05) is 26.2 Å². The fourth-order valence-electron chi connectivity index (χ4n) is 3.27. The molecule has 2 heterocycles. The molecule has 0 atom stereocenters. The molecule has 5 nitrogen and oxygen atoms in total. The molecule has 20 heavy (non-hydrogen) atoms. The lowest BCUT2D eigenvalue weighted by molar-refractivity contribution is -0.138. The van der Waals surface area contributed by atoms with Crippen LogP contribution in [0.2, 0.25) is 0 Å². The molecule has 2 fully saturated rings. The van der Waals surface area contributed by atoms with Gasteiger partial charge in [0.25, 0.3) is 0 Å². The molecule has 1 aromatic heterocycles. The molecule has 0 aromatic carbocycles. The summed E-state index contributed by atoms with van der Waals surface area (Å²) in [5.74, 6) is 1.14. The number of amides is 1. The van der Waals surface area contributed by atoms with Crippen molar-refractivity contribution in [2.75, 3.05) is 26.2 Å². The van der Waals surface area contributed by atoms with Crippen molar-refractivity contribution in [1.82, 2.24) is 9.80 Å². The molecule has 0 radical (unpaired) electrons. The number of nitrogens with two attached hydrogens (primary N) is 1. The summed E-state index contributed by atoms with van der Waals surface area (Å²) in [4.78, 5) is 16.8. The third kappa shape index (κ3) is 2.74. The quantitative estimate of drug-likeness (QED) is 0.901. The highest BCUT2D eigenvalue weighted by atomic mass is 16.3. The van der Waals surface area contributed by atoms with Crippen LogP contribution in [0, 0.1) is 0 Å². The number of piperazine rings is 1. The van der Waals surface area contributed by atoms with Gasteiger partial charge in [-0.1, -0.05) is 12.8 Å². The summed E-state index contributed by atoms with van der Waals surface area (Å²) in [7, 11) is 0. The predicted octanol–water partition coefficient (Wildman–Crippen LogP) is 1.20. The average Bonchev–Trinajstić information content (AvgIpc) is 3.11. The molecule has 1 amide bonds. The molecule has 0 spiro atoms. The topological polar surface area (TPSA) is 62.7 Å². The first-order valence-electron chi connectivity index (χ1n) is 7.50. The SMILES string of the molecule is NC1(C(=O)N2CCN(Cc3ccco3)CC2)CCCC1. The van der Waals surface area contributed by atoms with Crippen molar-refractivity contribution in [3.8, 4) is 0 Å². The Hall–Kier alpha value is -1.33. The van der Waals surface area contributed by atoms with Crippen molar-refractivity contribution in [2.24, 2.45) is 5.73 Å². The largest absolute Gasteiger partial charge is 0.468 e. The lowest BCUT2D eigenvalue weighted by Gasteiger charge is -2.38. The third-order valence-corrected chi connectivity index (χ3v) is 4.54. The molecule has 1 saturated carbocycles. The molecule has 2 aliphatic rings. The highest BCUT2D eigenvalue weighted by Crippen LogP contribution is 2.29. The maximum absolute atomic E-state index is 12.5. The minimum atomic E-state index is -0.580. The minimum Gasteiger partial charge on any atom is -0.468 e. The smallest absolute Gasteiger partial charge is 0.242 e. The number of hydrogen-bond donors (Lipinski definition) is 1. The second kappa shape index (κ2) is 5.58. The first-order valence-corrected chi connectivity index (χ1v) is 7.50. The Morgan fingerprint density at radius 3 is 2.55 bits per heavy atom. The zero-order chi connectivity index (χ0) is 14.0. The summed E-state index contributed by atoms with van der Waals surface area (Å²) in [5.41, 5.74) is 5.68. The molecule has 2 N–H and O–H groups in total. The van der Waals surface area contributed by atoms with Gasteiger partial charge in [-0.15, -0.1) is 0 Å². The van der Waals surface area contributed by atoms with E-state index in [9.17, 15) is 4.79 Å². The van der Waals surface area contributed by atoms with E-state index < -0.39 is 5.54 Å². The number of carbonyl (C=O) groups is 1. The van der Waals surface area contributed by atoms with Gasteiger partial charge >= 0.3 is 0 Å². The number of rotatable bonds is 3. The second-order valence-electron chi connectivity index (χ2n) is 6.01. The summed E-state index contributed by atoms with van der Waals surface area (Å²) < 4.78 is 5.37. The van der Waals surface area contributed by atoms with Crippen molar-refractivity contribution in [3.05, 3.63) is 24.2 Å². The third-order valence-electron chi connectivity index (χ3n) is 4.54.